The number of nitrogens with two attached hydrogens (primary N) is 1. The van der Waals surface area contributed by atoms with Gasteiger partial charge in [-0.2, -0.15) is 0 Å². The van der Waals surface area contributed by atoms with Gasteiger partial charge in [0.2, 0.25) is 0 Å². The van der Waals surface area contributed by atoms with Crippen LogP contribution in [-0.2, 0) is 0 Å². The Hall–Kier alpha value is -0.870. The smallest absolute Gasteiger partial charge is 0.151 e. The number of halogens is 1. The molecule has 0 saturated heterocycles. The number of nitrogens with one attached hydrogen (secondary N) is 1. The number of hydrogen-bond acceptors (Lipinski definition) is 4. The summed E-state index contributed by atoms with van der Waals surface area (Å²) < 4.78 is 0. The van der Waals surface area contributed by atoms with Crippen molar-refractivity contribution in [2.24, 2.45) is 5.73 Å². The molecule has 4 nitrogen and oxygen atoms in total. The van der Waals surface area contributed by atoms with E-state index >= 15 is 0 Å². The summed E-state index contributed by atoms with van der Waals surface area (Å²) in [6, 6.07) is 3.45. The second-order valence-corrected chi connectivity index (χ2v) is 3.84. The van der Waals surface area contributed by atoms with Gasteiger partial charge in [0.1, 0.15) is 5.82 Å². The maximum atomic E-state index is 5.59. The van der Waals surface area contributed by atoms with Gasteiger partial charge in [-0.1, -0.05) is 11.6 Å². The SMILES string of the molecule is CC(C)(CN)Nc1ccc(Cl)nn1. The third-order valence-electron chi connectivity index (χ3n) is 1.61. The van der Waals surface area contributed by atoms with Crippen LogP contribution in [0.25, 0.3) is 0 Å². The molecule has 0 unspecified atom stereocenters. The minimum Gasteiger partial charge on any atom is -0.362 e. The largest absolute Gasteiger partial charge is 0.362 e. The van der Waals surface area contributed by atoms with Crippen molar-refractivity contribution in [1.29, 1.82) is 0 Å². The summed E-state index contributed by atoms with van der Waals surface area (Å²) >= 11 is 5.59. The number of rotatable bonds is 3. The van der Waals surface area contributed by atoms with Gasteiger partial charge in [-0.05, 0) is 26.0 Å². The first-order valence-corrected chi connectivity index (χ1v) is 4.39. The average Bonchev–Trinajstić information content (AvgIpc) is 2.09. The lowest BCUT2D eigenvalue weighted by molar-refractivity contribution is 0.576. The van der Waals surface area contributed by atoms with Crippen molar-refractivity contribution >= 4 is 17.4 Å². The van der Waals surface area contributed by atoms with E-state index in [1.807, 2.05) is 13.8 Å². The van der Waals surface area contributed by atoms with Crippen molar-refractivity contribution in [3.8, 4) is 0 Å². The molecule has 0 radical (unpaired) electrons. The van der Waals surface area contributed by atoms with Crippen molar-refractivity contribution in [1.82, 2.24) is 10.2 Å². The second-order valence-electron chi connectivity index (χ2n) is 3.45. The molecule has 0 bridgehead atoms. The quantitative estimate of drug-likeness (QED) is 0.772. The first-order chi connectivity index (χ1) is 6.03. The first-order valence-electron chi connectivity index (χ1n) is 4.01. The topological polar surface area (TPSA) is 63.8 Å². The van der Waals surface area contributed by atoms with Crippen molar-refractivity contribution < 1.29 is 0 Å². The Bertz CT molecular complexity index is 270. The van der Waals surface area contributed by atoms with Gasteiger partial charge in [-0.15, -0.1) is 10.2 Å². The van der Waals surface area contributed by atoms with E-state index in [-0.39, 0.29) is 5.54 Å². The summed E-state index contributed by atoms with van der Waals surface area (Å²) in [6.07, 6.45) is 0. The van der Waals surface area contributed by atoms with E-state index in [1.165, 1.54) is 0 Å². The molecule has 1 rings (SSSR count). The van der Waals surface area contributed by atoms with E-state index in [0.717, 1.165) is 0 Å². The number of aromatic nitrogens is 2. The normalized spacial score (nSPS) is 11.4. The molecular weight excluding hydrogens is 188 g/mol. The molecule has 0 aliphatic rings. The molecule has 0 atom stereocenters. The maximum Gasteiger partial charge on any atom is 0.151 e. The third kappa shape index (κ3) is 3.16. The highest BCUT2D eigenvalue weighted by Gasteiger charge is 2.15. The first kappa shape index (κ1) is 10.2. The zero-order chi connectivity index (χ0) is 9.90. The van der Waals surface area contributed by atoms with Gasteiger partial charge in [0.25, 0.3) is 0 Å². The molecule has 0 saturated carbocycles. The van der Waals surface area contributed by atoms with E-state index in [9.17, 15) is 0 Å². The second kappa shape index (κ2) is 3.89. The fourth-order valence-electron chi connectivity index (χ4n) is 0.780. The molecule has 0 fully saturated rings. The summed E-state index contributed by atoms with van der Waals surface area (Å²) in [5, 5.41) is 11.1. The Morgan fingerprint density at radius 3 is 2.62 bits per heavy atom. The molecule has 1 heterocycles. The molecule has 5 heteroatoms. The fourth-order valence-corrected chi connectivity index (χ4v) is 0.881. The van der Waals surface area contributed by atoms with Gasteiger partial charge in [0.05, 0.1) is 0 Å². The minimum absolute atomic E-state index is 0.178. The van der Waals surface area contributed by atoms with Crippen LogP contribution in [0.4, 0.5) is 5.82 Å². The van der Waals surface area contributed by atoms with Crippen molar-refractivity contribution in [3.05, 3.63) is 17.3 Å². The van der Waals surface area contributed by atoms with E-state index in [4.69, 9.17) is 17.3 Å². The Balaban J connectivity index is 2.69. The predicted molar refractivity (Wildman–Crippen MR) is 53.8 cm³/mol. The monoisotopic (exact) mass is 200 g/mol. The third-order valence-corrected chi connectivity index (χ3v) is 1.81. The molecule has 0 aromatic carbocycles. The lowest BCUT2D eigenvalue weighted by Crippen LogP contribution is -2.39. The summed E-state index contributed by atoms with van der Waals surface area (Å²) in [7, 11) is 0. The highest BCUT2D eigenvalue weighted by atomic mass is 35.5. The molecule has 13 heavy (non-hydrogen) atoms. The van der Waals surface area contributed by atoms with E-state index < -0.39 is 0 Å². The van der Waals surface area contributed by atoms with Crippen LogP contribution in [0.2, 0.25) is 5.15 Å². The highest BCUT2D eigenvalue weighted by Crippen LogP contribution is 2.11. The van der Waals surface area contributed by atoms with Crippen LogP contribution < -0.4 is 11.1 Å². The van der Waals surface area contributed by atoms with Crippen molar-refractivity contribution in [2.75, 3.05) is 11.9 Å². The Morgan fingerprint density at radius 1 is 1.46 bits per heavy atom. The maximum absolute atomic E-state index is 5.59. The van der Waals surface area contributed by atoms with Crippen LogP contribution in [0, 0.1) is 0 Å². The van der Waals surface area contributed by atoms with E-state index in [2.05, 4.69) is 15.5 Å². The zero-order valence-electron chi connectivity index (χ0n) is 7.71. The van der Waals surface area contributed by atoms with Crippen LogP contribution in [0.1, 0.15) is 13.8 Å². The van der Waals surface area contributed by atoms with Gasteiger partial charge in [0.15, 0.2) is 5.15 Å². The Labute approximate surface area is 82.5 Å². The number of hydrogen-bond donors (Lipinski definition) is 2. The standard InChI is InChI=1S/C8H13ClN4/c1-8(2,5-10)11-7-4-3-6(9)12-13-7/h3-4H,5,10H2,1-2H3,(H,11,13). The highest BCUT2D eigenvalue weighted by molar-refractivity contribution is 6.29. The van der Waals surface area contributed by atoms with Gasteiger partial charge in [0, 0.05) is 12.1 Å². The van der Waals surface area contributed by atoms with Gasteiger partial charge < -0.3 is 11.1 Å². The Morgan fingerprint density at radius 2 is 2.15 bits per heavy atom. The van der Waals surface area contributed by atoms with Gasteiger partial charge >= 0.3 is 0 Å². The fraction of sp³-hybridized carbons (Fsp3) is 0.500. The Kier molecular flexibility index (Phi) is 3.06. The zero-order valence-corrected chi connectivity index (χ0v) is 8.47. The van der Waals surface area contributed by atoms with Crippen molar-refractivity contribution in [3.63, 3.8) is 0 Å². The van der Waals surface area contributed by atoms with Gasteiger partial charge in [-0.25, -0.2) is 0 Å². The lowest BCUT2D eigenvalue weighted by atomic mass is 10.1. The molecule has 0 spiro atoms. The van der Waals surface area contributed by atoms with Crippen LogP contribution in [0.15, 0.2) is 12.1 Å². The molecule has 1 aromatic rings. The van der Waals surface area contributed by atoms with Crippen LogP contribution >= 0.6 is 11.6 Å². The van der Waals surface area contributed by atoms with E-state index in [1.54, 1.807) is 12.1 Å². The summed E-state index contributed by atoms with van der Waals surface area (Å²) in [5.41, 5.74) is 5.37. The lowest BCUT2D eigenvalue weighted by Gasteiger charge is -2.24. The average molecular weight is 201 g/mol. The molecule has 72 valence electrons. The minimum atomic E-state index is -0.178. The molecule has 1 aromatic heterocycles. The summed E-state index contributed by atoms with van der Waals surface area (Å²) in [5.74, 6) is 0.680. The molecule has 0 amide bonds. The van der Waals surface area contributed by atoms with Crippen molar-refractivity contribution in [2.45, 2.75) is 19.4 Å². The van der Waals surface area contributed by atoms with Crippen LogP contribution in [-0.4, -0.2) is 22.3 Å². The number of anilines is 1. The summed E-state index contributed by atoms with van der Waals surface area (Å²) in [4.78, 5) is 0. The van der Waals surface area contributed by atoms with Crippen LogP contribution in [0.5, 0.6) is 0 Å². The van der Waals surface area contributed by atoms with Gasteiger partial charge in [-0.3, -0.25) is 0 Å². The molecule has 0 aliphatic carbocycles. The summed E-state index contributed by atoms with van der Waals surface area (Å²) in [6.45, 7) is 4.50. The number of nitrogens with zero attached hydrogens (tertiary/aromatic N) is 2. The molecule has 0 aliphatic heterocycles. The molecular formula is C8H13ClN4. The van der Waals surface area contributed by atoms with E-state index in [0.29, 0.717) is 17.5 Å². The van der Waals surface area contributed by atoms with Crippen LogP contribution in [0.3, 0.4) is 0 Å². The predicted octanol–water partition coefficient (Wildman–Crippen LogP) is 1.28. The molecule has 3 N–H and O–H groups in total.